The molecule has 1 unspecified atom stereocenters. The smallest absolute Gasteiger partial charge is 0.108 e. The van der Waals surface area contributed by atoms with E-state index in [1.807, 2.05) is 0 Å². The van der Waals surface area contributed by atoms with E-state index in [2.05, 4.69) is 16.8 Å². The van der Waals surface area contributed by atoms with Crippen LogP contribution in [0.5, 0.6) is 0 Å². The van der Waals surface area contributed by atoms with Crippen LogP contribution in [0.1, 0.15) is 6.42 Å². The lowest BCUT2D eigenvalue weighted by Gasteiger charge is -2.34. The van der Waals surface area contributed by atoms with Gasteiger partial charge >= 0.3 is 0 Å². The Labute approximate surface area is 102 Å². The topological polar surface area (TPSA) is 24.9 Å². The third-order valence-corrected chi connectivity index (χ3v) is 3.95. The average Bonchev–Trinajstić information content (AvgIpc) is 2.25. The molecule has 2 saturated heterocycles. The van der Waals surface area contributed by atoms with E-state index >= 15 is 0 Å². The van der Waals surface area contributed by atoms with Crippen LogP contribution < -0.4 is 0 Å². The standard InChI is InChI=1S/C11H22N2O2S/c1-12-3-5-13(6-4-12)9-11-10-14-7-2-8-16-15-11/h11H,2-10H2,1H3. The summed E-state index contributed by atoms with van der Waals surface area (Å²) in [5.74, 6) is 1.05. The van der Waals surface area contributed by atoms with Gasteiger partial charge in [0.15, 0.2) is 0 Å². The van der Waals surface area contributed by atoms with Gasteiger partial charge in [0, 0.05) is 45.1 Å². The zero-order valence-electron chi connectivity index (χ0n) is 10.1. The van der Waals surface area contributed by atoms with Crippen molar-refractivity contribution < 1.29 is 8.92 Å². The molecule has 0 aromatic carbocycles. The lowest BCUT2D eigenvalue weighted by molar-refractivity contribution is 0.0265. The number of ether oxygens (including phenoxy) is 1. The van der Waals surface area contributed by atoms with Crippen LogP contribution in [0, 0.1) is 0 Å². The molecule has 5 heteroatoms. The van der Waals surface area contributed by atoms with E-state index in [0.29, 0.717) is 0 Å². The number of rotatable bonds is 2. The third kappa shape index (κ3) is 4.22. The molecule has 1 atom stereocenters. The first kappa shape index (κ1) is 12.6. The van der Waals surface area contributed by atoms with E-state index in [4.69, 9.17) is 8.92 Å². The molecule has 4 nitrogen and oxygen atoms in total. The molecular formula is C11H22N2O2S. The molecule has 0 saturated carbocycles. The highest BCUT2D eigenvalue weighted by Crippen LogP contribution is 2.14. The molecule has 94 valence electrons. The molecular weight excluding hydrogens is 224 g/mol. The van der Waals surface area contributed by atoms with Crippen molar-refractivity contribution in [1.82, 2.24) is 9.80 Å². The summed E-state index contributed by atoms with van der Waals surface area (Å²) in [7, 11) is 2.18. The summed E-state index contributed by atoms with van der Waals surface area (Å²) in [6, 6.07) is 0. The Balaban J connectivity index is 1.70. The maximum absolute atomic E-state index is 5.75. The molecule has 0 amide bonds. The lowest BCUT2D eigenvalue weighted by Crippen LogP contribution is -2.48. The molecule has 0 aromatic rings. The van der Waals surface area contributed by atoms with E-state index in [-0.39, 0.29) is 6.10 Å². The Kier molecular flexibility index (Phi) is 5.38. The van der Waals surface area contributed by atoms with Crippen molar-refractivity contribution in [2.24, 2.45) is 0 Å². The SMILES string of the molecule is CN1CCN(CC2COCCCSO2)CC1. The minimum atomic E-state index is 0.244. The largest absolute Gasteiger partial charge is 0.379 e. The van der Waals surface area contributed by atoms with Crippen molar-refractivity contribution in [3.05, 3.63) is 0 Å². The fourth-order valence-corrected chi connectivity index (χ4v) is 2.65. The second kappa shape index (κ2) is 6.81. The molecule has 0 N–H and O–H groups in total. The number of likely N-dealkylation sites (N-methyl/N-ethyl adjacent to an activating group) is 1. The fourth-order valence-electron chi connectivity index (χ4n) is 2.01. The molecule has 0 aromatic heterocycles. The number of hydrogen-bond acceptors (Lipinski definition) is 5. The summed E-state index contributed by atoms with van der Waals surface area (Å²) < 4.78 is 11.3. The number of nitrogens with zero attached hydrogens (tertiary/aromatic N) is 2. The van der Waals surface area contributed by atoms with Crippen LogP contribution in [0.4, 0.5) is 0 Å². The monoisotopic (exact) mass is 246 g/mol. The summed E-state index contributed by atoms with van der Waals surface area (Å²) in [6.45, 7) is 7.29. The maximum Gasteiger partial charge on any atom is 0.108 e. The average molecular weight is 246 g/mol. The van der Waals surface area contributed by atoms with Gasteiger partial charge in [-0.2, -0.15) is 0 Å². The molecule has 2 aliphatic rings. The second-order valence-electron chi connectivity index (χ2n) is 4.57. The second-order valence-corrected chi connectivity index (χ2v) is 5.41. The Morgan fingerprint density at radius 3 is 2.88 bits per heavy atom. The highest BCUT2D eigenvalue weighted by molar-refractivity contribution is 7.94. The Bertz CT molecular complexity index is 190. The Morgan fingerprint density at radius 2 is 2.06 bits per heavy atom. The first-order valence-corrected chi connectivity index (χ1v) is 7.02. The van der Waals surface area contributed by atoms with Gasteiger partial charge in [-0.3, -0.25) is 4.90 Å². The van der Waals surface area contributed by atoms with Crippen LogP contribution in [-0.2, 0) is 8.92 Å². The Morgan fingerprint density at radius 1 is 1.25 bits per heavy atom. The van der Waals surface area contributed by atoms with Crippen molar-refractivity contribution in [3.8, 4) is 0 Å². The number of piperazine rings is 1. The van der Waals surface area contributed by atoms with Gasteiger partial charge in [0.05, 0.1) is 6.61 Å². The summed E-state index contributed by atoms with van der Waals surface area (Å²) in [6.07, 6.45) is 1.35. The van der Waals surface area contributed by atoms with Crippen molar-refractivity contribution in [3.63, 3.8) is 0 Å². The van der Waals surface area contributed by atoms with Gasteiger partial charge in [-0.15, -0.1) is 0 Å². The van der Waals surface area contributed by atoms with Crippen LogP contribution in [0.25, 0.3) is 0 Å². The molecule has 2 aliphatic heterocycles. The van der Waals surface area contributed by atoms with Crippen molar-refractivity contribution >= 4 is 12.0 Å². The summed E-state index contributed by atoms with van der Waals surface area (Å²) >= 11 is 1.61. The van der Waals surface area contributed by atoms with Gasteiger partial charge in [0.1, 0.15) is 6.10 Å². The van der Waals surface area contributed by atoms with Crippen LogP contribution in [0.3, 0.4) is 0 Å². The normalized spacial score (nSPS) is 30.9. The van der Waals surface area contributed by atoms with E-state index in [9.17, 15) is 0 Å². The van der Waals surface area contributed by atoms with Crippen molar-refractivity contribution in [2.45, 2.75) is 12.5 Å². The van der Waals surface area contributed by atoms with E-state index in [1.165, 1.54) is 13.1 Å². The quantitative estimate of drug-likeness (QED) is 0.668. The first-order valence-electron chi connectivity index (χ1n) is 6.11. The molecule has 2 fully saturated rings. The Hall–Kier alpha value is 0.190. The third-order valence-electron chi connectivity index (χ3n) is 3.08. The molecule has 2 rings (SSSR count). The van der Waals surface area contributed by atoms with Crippen LogP contribution in [0.15, 0.2) is 0 Å². The van der Waals surface area contributed by atoms with Crippen molar-refractivity contribution in [2.75, 3.05) is 58.7 Å². The van der Waals surface area contributed by atoms with E-state index in [0.717, 1.165) is 45.0 Å². The summed E-state index contributed by atoms with van der Waals surface area (Å²) in [5.41, 5.74) is 0. The van der Waals surface area contributed by atoms with Gasteiger partial charge in [-0.25, -0.2) is 0 Å². The predicted molar refractivity (Wildman–Crippen MR) is 66.7 cm³/mol. The van der Waals surface area contributed by atoms with Crippen molar-refractivity contribution in [1.29, 1.82) is 0 Å². The minimum absolute atomic E-state index is 0.244. The van der Waals surface area contributed by atoms with E-state index < -0.39 is 0 Å². The van der Waals surface area contributed by atoms with Gasteiger partial charge in [0.2, 0.25) is 0 Å². The molecule has 16 heavy (non-hydrogen) atoms. The molecule has 2 heterocycles. The van der Waals surface area contributed by atoms with Gasteiger partial charge in [-0.05, 0) is 25.5 Å². The van der Waals surface area contributed by atoms with Gasteiger partial charge in [-0.1, -0.05) is 0 Å². The van der Waals surface area contributed by atoms with Gasteiger partial charge < -0.3 is 13.8 Å². The summed E-state index contributed by atoms with van der Waals surface area (Å²) in [5, 5.41) is 0. The molecule has 0 spiro atoms. The molecule has 0 bridgehead atoms. The fraction of sp³-hybridized carbons (Fsp3) is 1.00. The first-order chi connectivity index (χ1) is 7.84. The highest BCUT2D eigenvalue weighted by atomic mass is 32.2. The van der Waals surface area contributed by atoms with Gasteiger partial charge in [0.25, 0.3) is 0 Å². The van der Waals surface area contributed by atoms with Crippen LogP contribution >= 0.6 is 12.0 Å². The summed E-state index contributed by atoms with van der Waals surface area (Å²) in [4.78, 5) is 4.86. The zero-order valence-corrected chi connectivity index (χ0v) is 10.9. The molecule has 0 aliphatic carbocycles. The maximum atomic E-state index is 5.75. The predicted octanol–water partition coefficient (Wildman–Crippen LogP) is 0.688. The van der Waals surface area contributed by atoms with Crippen LogP contribution in [-0.4, -0.2) is 74.6 Å². The molecule has 0 radical (unpaired) electrons. The zero-order chi connectivity index (χ0) is 11.2. The van der Waals surface area contributed by atoms with Crippen LogP contribution in [0.2, 0.25) is 0 Å². The lowest BCUT2D eigenvalue weighted by atomic mass is 10.3. The highest BCUT2D eigenvalue weighted by Gasteiger charge is 2.20. The minimum Gasteiger partial charge on any atom is -0.379 e. The number of hydrogen-bond donors (Lipinski definition) is 0. The van der Waals surface area contributed by atoms with E-state index in [1.54, 1.807) is 12.0 Å².